The molecule has 0 fully saturated rings. The first-order chi connectivity index (χ1) is 9.51. The van der Waals surface area contributed by atoms with Gasteiger partial charge in [-0.05, 0) is 30.3 Å². The zero-order valence-electron chi connectivity index (χ0n) is 10.6. The number of halogens is 2. The fourth-order valence-electron chi connectivity index (χ4n) is 1.66. The molecule has 3 N–H and O–H groups in total. The summed E-state index contributed by atoms with van der Waals surface area (Å²) in [4.78, 5) is 12.2. The van der Waals surface area contributed by atoms with Gasteiger partial charge in [0, 0.05) is 11.3 Å². The lowest BCUT2D eigenvalue weighted by Crippen LogP contribution is -2.12. The second kappa shape index (κ2) is 6.03. The summed E-state index contributed by atoms with van der Waals surface area (Å²) in [5, 5.41) is 3.23. The number of anilines is 2. The molecule has 0 aliphatic heterocycles. The van der Waals surface area contributed by atoms with Crippen LogP contribution in [0.25, 0.3) is 0 Å². The van der Waals surface area contributed by atoms with Gasteiger partial charge in [-0.1, -0.05) is 29.3 Å². The molecule has 6 heteroatoms. The van der Waals surface area contributed by atoms with Crippen molar-refractivity contribution in [3.05, 3.63) is 52.0 Å². The van der Waals surface area contributed by atoms with E-state index in [9.17, 15) is 4.79 Å². The van der Waals surface area contributed by atoms with Crippen LogP contribution in [0.5, 0.6) is 5.75 Å². The number of nitrogens with one attached hydrogen (secondary N) is 1. The topological polar surface area (TPSA) is 64.3 Å². The Hall–Kier alpha value is -1.91. The smallest absolute Gasteiger partial charge is 0.255 e. The predicted octanol–water partition coefficient (Wildman–Crippen LogP) is 3.84. The Morgan fingerprint density at radius 3 is 2.45 bits per heavy atom. The number of carbonyl (C=O) groups is 1. The molecule has 0 atom stereocenters. The SMILES string of the molecule is COc1cccc(C(=O)Nc2c(Cl)cc(N)cc2Cl)c1. The maximum Gasteiger partial charge on any atom is 0.255 e. The highest BCUT2D eigenvalue weighted by atomic mass is 35.5. The fourth-order valence-corrected chi connectivity index (χ4v) is 2.26. The third kappa shape index (κ3) is 3.15. The molecule has 0 aromatic heterocycles. The van der Waals surface area contributed by atoms with Gasteiger partial charge in [0.2, 0.25) is 0 Å². The van der Waals surface area contributed by atoms with Crippen LogP contribution >= 0.6 is 23.2 Å². The van der Waals surface area contributed by atoms with E-state index in [2.05, 4.69) is 5.32 Å². The largest absolute Gasteiger partial charge is 0.497 e. The summed E-state index contributed by atoms with van der Waals surface area (Å²) in [6.07, 6.45) is 0. The Morgan fingerprint density at radius 2 is 1.85 bits per heavy atom. The van der Waals surface area contributed by atoms with Gasteiger partial charge in [-0.15, -0.1) is 0 Å². The third-order valence-corrected chi connectivity index (χ3v) is 3.23. The molecule has 0 aliphatic carbocycles. The number of nitrogen functional groups attached to an aromatic ring is 1. The highest BCUT2D eigenvalue weighted by Crippen LogP contribution is 2.33. The highest BCUT2D eigenvalue weighted by molar-refractivity contribution is 6.40. The molecule has 4 nitrogen and oxygen atoms in total. The lowest BCUT2D eigenvalue weighted by atomic mass is 10.2. The van der Waals surface area contributed by atoms with Crippen LogP contribution in [0.3, 0.4) is 0 Å². The minimum Gasteiger partial charge on any atom is -0.497 e. The van der Waals surface area contributed by atoms with Crippen molar-refractivity contribution in [3.8, 4) is 5.75 Å². The highest BCUT2D eigenvalue weighted by Gasteiger charge is 2.13. The summed E-state index contributed by atoms with van der Waals surface area (Å²) in [7, 11) is 1.53. The van der Waals surface area contributed by atoms with Gasteiger partial charge in [0.25, 0.3) is 5.91 Å². The van der Waals surface area contributed by atoms with Crippen LogP contribution in [-0.4, -0.2) is 13.0 Å². The summed E-state index contributed by atoms with van der Waals surface area (Å²) in [6.45, 7) is 0. The van der Waals surface area contributed by atoms with Crippen LogP contribution < -0.4 is 15.8 Å². The Labute approximate surface area is 126 Å². The number of hydrogen-bond acceptors (Lipinski definition) is 3. The molecule has 0 unspecified atom stereocenters. The van der Waals surface area contributed by atoms with Gasteiger partial charge >= 0.3 is 0 Å². The number of amides is 1. The summed E-state index contributed by atoms with van der Waals surface area (Å²) in [5.41, 5.74) is 6.81. The monoisotopic (exact) mass is 310 g/mol. The Bertz CT molecular complexity index is 636. The molecule has 0 saturated carbocycles. The van der Waals surface area contributed by atoms with Crippen LogP contribution in [0, 0.1) is 0 Å². The van der Waals surface area contributed by atoms with E-state index in [1.807, 2.05) is 0 Å². The van der Waals surface area contributed by atoms with Gasteiger partial charge in [0.1, 0.15) is 5.75 Å². The first-order valence-corrected chi connectivity index (χ1v) is 6.47. The van der Waals surface area contributed by atoms with Crippen molar-refractivity contribution in [3.63, 3.8) is 0 Å². The van der Waals surface area contributed by atoms with E-state index in [1.165, 1.54) is 19.2 Å². The van der Waals surface area contributed by atoms with Crippen molar-refractivity contribution in [2.24, 2.45) is 0 Å². The number of methoxy groups -OCH3 is 1. The predicted molar refractivity (Wildman–Crippen MR) is 81.8 cm³/mol. The van der Waals surface area contributed by atoms with Crippen molar-refractivity contribution in [1.29, 1.82) is 0 Å². The van der Waals surface area contributed by atoms with E-state index in [-0.39, 0.29) is 16.0 Å². The zero-order valence-corrected chi connectivity index (χ0v) is 12.1. The molecular weight excluding hydrogens is 299 g/mol. The average molecular weight is 311 g/mol. The van der Waals surface area contributed by atoms with Gasteiger partial charge in [-0.25, -0.2) is 0 Å². The zero-order chi connectivity index (χ0) is 14.7. The molecule has 104 valence electrons. The third-order valence-electron chi connectivity index (χ3n) is 2.63. The van der Waals surface area contributed by atoms with Crippen molar-refractivity contribution < 1.29 is 9.53 Å². The molecule has 0 radical (unpaired) electrons. The van der Waals surface area contributed by atoms with E-state index >= 15 is 0 Å². The number of nitrogens with two attached hydrogens (primary N) is 1. The minimum absolute atomic E-state index is 0.284. The second-order valence-electron chi connectivity index (χ2n) is 4.05. The number of carbonyl (C=O) groups excluding carboxylic acids is 1. The van der Waals surface area contributed by atoms with Crippen LogP contribution in [0.2, 0.25) is 10.0 Å². The molecule has 0 spiro atoms. The fraction of sp³-hybridized carbons (Fsp3) is 0.0714. The molecule has 2 aromatic rings. The molecule has 0 heterocycles. The molecule has 0 aliphatic rings. The second-order valence-corrected chi connectivity index (χ2v) is 4.86. The lowest BCUT2D eigenvalue weighted by Gasteiger charge is -2.10. The van der Waals surface area contributed by atoms with Crippen molar-refractivity contribution in [2.45, 2.75) is 0 Å². The summed E-state index contributed by atoms with van der Waals surface area (Å²) < 4.78 is 5.07. The molecule has 2 aromatic carbocycles. The Kier molecular flexibility index (Phi) is 4.37. The number of benzene rings is 2. The van der Waals surface area contributed by atoms with Crippen molar-refractivity contribution >= 4 is 40.5 Å². The van der Waals surface area contributed by atoms with Gasteiger partial charge in [-0.3, -0.25) is 4.79 Å². The van der Waals surface area contributed by atoms with Gasteiger partial charge < -0.3 is 15.8 Å². The van der Waals surface area contributed by atoms with Gasteiger partial charge in [0.15, 0.2) is 0 Å². The van der Waals surface area contributed by atoms with Crippen LogP contribution in [0.15, 0.2) is 36.4 Å². The first kappa shape index (κ1) is 14.5. The van der Waals surface area contributed by atoms with E-state index in [1.54, 1.807) is 24.3 Å². The Balaban J connectivity index is 2.28. The normalized spacial score (nSPS) is 10.2. The lowest BCUT2D eigenvalue weighted by molar-refractivity contribution is 0.102. The number of hydrogen-bond donors (Lipinski definition) is 2. The van der Waals surface area contributed by atoms with E-state index in [0.29, 0.717) is 22.7 Å². The summed E-state index contributed by atoms with van der Waals surface area (Å²) in [6, 6.07) is 9.80. The minimum atomic E-state index is -0.336. The molecular formula is C14H12Cl2N2O2. The van der Waals surface area contributed by atoms with Crippen LogP contribution in [0.1, 0.15) is 10.4 Å². The van der Waals surface area contributed by atoms with Gasteiger partial charge in [-0.2, -0.15) is 0 Å². The summed E-state index contributed by atoms with van der Waals surface area (Å²) in [5.74, 6) is 0.254. The molecule has 2 rings (SSSR count). The molecule has 0 bridgehead atoms. The van der Waals surface area contributed by atoms with Crippen LogP contribution in [0.4, 0.5) is 11.4 Å². The van der Waals surface area contributed by atoms with E-state index in [0.717, 1.165) is 0 Å². The van der Waals surface area contributed by atoms with Crippen LogP contribution in [-0.2, 0) is 0 Å². The number of ether oxygens (including phenoxy) is 1. The molecule has 0 saturated heterocycles. The van der Waals surface area contributed by atoms with E-state index < -0.39 is 0 Å². The Morgan fingerprint density at radius 1 is 1.20 bits per heavy atom. The molecule has 1 amide bonds. The van der Waals surface area contributed by atoms with Crippen molar-refractivity contribution in [2.75, 3.05) is 18.2 Å². The maximum atomic E-state index is 12.2. The summed E-state index contributed by atoms with van der Waals surface area (Å²) >= 11 is 12.0. The molecule has 20 heavy (non-hydrogen) atoms. The first-order valence-electron chi connectivity index (χ1n) is 5.71. The quantitative estimate of drug-likeness (QED) is 0.847. The van der Waals surface area contributed by atoms with Crippen molar-refractivity contribution in [1.82, 2.24) is 0 Å². The van der Waals surface area contributed by atoms with E-state index in [4.69, 9.17) is 33.7 Å². The number of rotatable bonds is 3. The van der Waals surface area contributed by atoms with Gasteiger partial charge in [0.05, 0.1) is 22.8 Å². The standard InChI is InChI=1S/C14H12Cl2N2O2/c1-20-10-4-2-3-8(5-10)14(19)18-13-11(15)6-9(17)7-12(13)16/h2-7H,17H2,1H3,(H,18,19). The average Bonchev–Trinajstić information content (AvgIpc) is 2.42. The maximum absolute atomic E-state index is 12.2.